The molecule has 100 valence electrons. The van der Waals surface area contributed by atoms with Crippen LogP contribution in [-0.2, 0) is 4.79 Å². The molecule has 5 heteroatoms. The van der Waals surface area contributed by atoms with E-state index >= 15 is 0 Å². The van der Waals surface area contributed by atoms with Crippen LogP contribution in [-0.4, -0.2) is 42.0 Å². The Labute approximate surface area is 120 Å². The Morgan fingerprint density at radius 3 is 2.68 bits per heavy atom. The first-order valence-electron chi connectivity index (χ1n) is 6.42. The number of carbonyl (C=O) groups excluding carboxylic acids is 1. The number of hydrogen-bond acceptors (Lipinski definition) is 2. The van der Waals surface area contributed by atoms with Gasteiger partial charge in [0.15, 0.2) is 0 Å². The number of halogens is 1. The molecule has 19 heavy (non-hydrogen) atoms. The lowest BCUT2D eigenvalue weighted by Gasteiger charge is -2.36. The van der Waals surface area contributed by atoms with Crippen molar-refractivity contribution in [2.45, 2.75) is 6.92 Å². The molecule has 1 aromatic heterocycles. The molecular weight excluding hydrogens is 306 g/mol. The van der Waals surface area contributed by atoms with Crippen molar-refractivity contribution in [3.05, 3.63) is 28.9 Å². The van der Waals surface area contributed by atoms with E-state index in [0.717, 1.165) is 36.2 Å². The maximum atomic E-state index is 11.4. The monoisotopic (exact) mass is 321 g/mol. The molecule has 0 unspecified atom stereocenters. The normalized spacial score (nSPS) is 16.1. The van der Waals surface area contributed by atoms with Gasteiger partial charge in [-0.15, -0.1) is 0 Å². The van der Waals surface area contributed by atoms with E-state index in [0.29, 0.717) is 0 Å². The van der Waals surface area contributed by atoms with Gasteiger partial charge in [-0.05, 0) is 18.2 Å². The average molecular weight is 322 g/mol. The summed E-state index contributed by atoms with van der Waals surface area (Å²) in [5.74, 6) is 0.167. The summed E-state index contributed by atoms with van der Waals surface area (Å²) < 4.78 is 1.08. The van der Waals surface area contributed by atoms with Crippen LogP contribution >= 0.6 is 15.9 Å². The Hall–Kier alpha value is -1.49. The third kappa shape index (κ3) is 2.34. The maximum absolute atomic E-state index is 11.4. The molecule has 0 spiro atoms. The summed E-state index contributed by atoms with van der Waals surface area (Å²) in [6.45, 7) is 5.01. The molecule has 0 saturated carbocycles. The predicted molar refractivity (Wildman–Crippen MR) is 80.5 cm³/mol. The van der Waals surface area contributed by atoms with Gasteiger partial charge in [-0.25, -0.2) is 0 Å². The Morgan fingerprint density at radius 2 is 2.00 bits per heavy atom. The fourth-order valence-electron chi connectivity index (χ4n) is 2.64. The topological polar surface area (TPSA) is 39.3 Å². The molecule has 1 aliphatic heterocycles. The third-order valence-corrected chi connectivity index (χ3v) is 4.14. The van der Waals surface area contributed by atoms with Crippen LogP contribution in [0.1, 0.15) is 6.92 Å². The Bertz CT molecular complexity index is 614. The van der Waals surface area contributed by atoms with Crippen molar-refractivity contribution in [1.82, 2.24) is 9.88 Å². The lowest BCUT2D eigenvalue weighted by Crippen LogP contribution is -2.48. The van der Waals surface area contributed by atoms with Crippen LogP contribution in [0.4, 0.5) is 5.69 Å². The number of rotatable bonds is 1. The zero-order valence-electron chi connectivity index (χ0n) is 10.8. The van der Waals surface area contributed by atoms with E-state index in [1.165, 1.54) is 11.1 Å². The van der Waals surface area contributed by atoms with Crippen molar-refractivity contribution in [1.29, 1.82) is 0 Å². The summed E-state index contributed by atoms with van der Waals surface area (Å²) in [6.07, 6.45) is 1.96. The van der Waals surface area contributed by atoms with Crippen LogP contribution in [0.15, 0.2) is 28.9 Å². The highest BCUT2D eigenvalue weighted by Gasteiger charge is 2.20. The van der Waals surface area contributed by atoms with Gasteiger partial charge in [0.25, 0.3) is 0 Å². The first kappa shape index (κ1) is 12.5. The van der Waals surface area contributed by atoms with Crippen molar-refractivity contribution >= 4 is 38.4 Å². The van der Waals surface area contributed by atoms with Gasteiger partial charge in [0, 0.05) is 60.4 Å². The van der Waals surface area contributed by atoms with Gasteiger partial charge in [0.05, 0.1) is 0 Å². The van der Waals surface area contributed by atoms with Gasteiger partial charge >= 0.3 is 0 Å². The van der Waals surface area contributed by atoms with E-state index in [1.54, 1.807) is 6.92 Å². The fourth-order valence-corrected chi connectivity index (χ4v) is 3.08. The van der Waals surface area contributed by atoms with E-state index in [-0.39, 0.29) is 5.91 Å². The standard InChI is InChI=1S/C14H16BrN3O/c1-10(19)17-4-6-18(7-5-17)14-9-11(15)8-13-12(14)2-3-16-13/h2-3,8-9,16H,4-7H2,1H3. The second-order valence-corrected chi connectivity index (χ2v) is 5.77. The number of aromatic nitrogens is 1. The van der Waals surface area contributed by atoms with Gasteiger partial charge in [-0.1, -0.05) is 15.9 Å². The highest BCUT2D eigenvalue weighted by molar-refractivity contribution is 9.10. The molecular formula is C14H16BrN3O. The molecule has 0 radical (unpaired) electrons. The molecule has 4 nitrogen and oxygen atoms in total. The number of benzene rings is 1. The molecule has 2 aromatic rings. The molecule has 3 rings (SSSR count). The van der Waals surface area contributed by atoms with Gasteiger partial charge in [0.2, 0.25) is 5.91 Å². The minimum atomic E-state index is 0.167. The van der Waals surface area contributed by atoms with Gasteiger partial charge in [-0.3, -0.25) is 4.79 Å². The van der Waals surface area contributed by atoms with E-state index in [2.05, 4.69) is 44.0 Å². The van der Waals surface area contributed by atoms with Crippen molar-refractivity contribution in [2.24, 2.45) is 0 Å². The summed E-state index contributed by atoms with van der Waals surface area (Å²) in [7, 11) is 0. The van der Waals surface area contributed by atoms with Gasteiger partial charge in [-0.2, -0.15) is 0 Å². The number of fused-ring (bicyclic) bond motifs is 1. The van der Waals surface area contributed by atoms with Crippen LogP contribution in [0.2, 0.25) is 0 Å². The number of anilines is 1. The summed E-state index contributed by atoms with van der Waals surface area (Å²) in [4.78, 5) is 18.9. The third-order valence-electron chi connectivity index (χ3n) is 3.68. The number of aromatic amines is 1. The second kappa shape index (κ2) is 4.89. The van der Waals surface area contributed by atoms with Gasteiger partial charge in [0.1, 0.15) is 0 Å². The van der Waals surface area contributed by atoms with Crippen molar-refractivity contribution < 1.29 is 4.79 Å². The number of nitrogens with zero attached hydrogens (tertiary/aromatic N) is 2. The Kier molecular flexibility index (Phi) is 3.22. The fraction of sp³-hybridized carbons (Fsp3) is 0.357. The number of carbonyl (C=O) groups is 1. The minimum absolute atomic E-state index is 0.167. The lowest BCUT2D eigenvalue weighted by molar-refractivity contribution is -0.129. The summed E-state index contributed by atoms with van der Waals surface area (Å²) >= 11 is 3.56. The summed E-state index contributed by atoms with van der Waals surface area (Å²) in [6, 6.07) is 6.35. The second-order valence-electron chi connectivity index (χ2n) is 4.86. The van der Waals surface area contributed by atoms with Crippen LogP contribution < -0.4 is 4.90 Å². The molecule has 0 atom stereocenters. The smallest absolute Gasteiger partial charge is 0.219 e. The highest BCUT2D eigenvalue weighted by atomic mass is 79.9. The minimum Gasteiger partial charge on any atom is -0.367 e. The molecule has 1 amide bonds. The van der Waals surface area contributed by atoms with Crippen molar-refractivity contribution in [3.8, 4) is 0 Å². The van der Waals surface area contributed by atoms with Crippen LogP contribution in [0, 0.1) is 0 Å². The van der Waals surface area contributed by atoms with Crippen molar-refractivity contribution in [3.63, 3.8) is 0 Å². The molecule has 1 aliphatic rings. The zero-order chi connectivity index (χ0) is 13.4. The molecule has 0 bridgehead atoms. The largest absolute Gasteiger partial charge is 0.367 e. The number of H-pyrrole nitrogens is 1. The molecule has 1 aromatic carbocycles. The maximum Gasteiger partial charge on any atom is 0.219 e. The Morgan fingerprint density at radius 1 is 1.26 bits per heavy atom. The molecule has 2 heterocycles. The SMILES string of the molecule is CC(=O)N1CCN(c2cc(Br)cc3[nH]ccc23)CC1. The average Bonchev–Trinajstić information content (AvgIpc) is 2.85. The first-order chi connectivity index (χ1) is 9.15. The molecule has 1 saturated heterocycles. The highest BCUT2D eigenvalue weighted by Crippen LogP contribution is 2.31. The zero-order valence-corrected chi connectivity index (χ0v) is 12.4. The summed E-state index contributed by atoms with van der Waals surface area (Å²) in [5.41, 5.74) is 2.37. The summed E-state index contributed by atoms with van der Waals surface area (Å²) in [5, 5.41) is 1.24. The number of hydrogen-bond donors (Lipinski definition) is 1. The van der Waals surface area contributed by atoms with E-state index in [9.17, 15) is 4.79 Å². The van der Waals surface area contributed by atoms with Gasteiger partial charge < -0.3 is 14.8 Å². The lowest BCUT2D eigenvalue weighted by atomic mass is 10.1. The quantitative estimate of drug-likeness (QED) is 0.877. The number of amides is 1. The van der Waals surface area contributed by atoms with E-state index < -0.39 is 0 Å². The van der Waals surface area contributed by atoms with Crippen LogP contribution in [0.5, 0.6) is 0 Å². The predicted octanol–water partition coefficient (Wildman–Crippen LogP) is 2.60. The molecule has 1 fully saturated rings. The Balaban J connectivity index is 1.89. The molecule has 1 N–H and O–H groups in total. The van der Waals surface area contributed by atoms with E-state index in [1.807, 2.05) is 11.1 Å². The van der Waals surface area contributed by atoms with E-state index in [4.69, 9.17) is 0 Å². The number of piperazine rings is 1. The molecule has 0 aliphatic carbocycles. The van der Waals surface area contributed by atoms with Crippen LogP contribution in [0.3, 0.4) is 0 Å². The number of nitrogens with one attached hydrogen (secondary N) is 1. The first-order valence-corrected chi connectivity index (χ1v) is 7.21. The van der Waals surface area contributed by atoms with Crippen molar-refractivity contribution in [2.75, 3.05) is 31.1 Å². The van der Waals surface area contributed by atoms with Crippen LogP contribution in [0.25, 0.3) is 10.9 Å².